The standard InChI is InChI=1S/2C25H27Cl2NO4/c2*1-25(14-22(29)30)13-21(17-4-2-5-19(27)12-17)23(16-7-9-18(26)10-8-16)28(24(25)31)20-6-3-11-32-15-20/h2*2,4-5,7-10,12,20-21,23H,3,6,11,13-15H2,1H3,(H,29,30)/t20?,21-,23-,25-;20-,21+,23+,25+/m10/s1. The molecule has 4 saturated heterocycles. The Morgan fingerprint density at radius 1 is 0.578 bits per heavy atom. The van der Waals surface area contributed by atoms with Crippen molar-refractivity contribution in [2.24, 2.45) is 10.8 Å². The Kier molecular flexibility index (Phi) is 15.4. The van der Waals surface area contributed by atoms with Gasteiger partial charge in [-0.15, -0.1) is 0 Å². The number of amides is 2. The van der Waals surface area contributed by atoms with E-state index in [2.05, 4.69) is 0 Å². The SMILES string of the molecule is C[C@]1(CC(=O)O)C[C@H](c2cccc(Cl)c2)[C@@H](c2ccc(Cl)cc2)N(C2CCCOC2)C1=O.C[C@]1(CC(=O)O)C[C@H](c2cccc(Cl)c2)[C@@H](c2ccc(Cl)cc2)N([C@H]2CCCOC2)C1=O. The molecule has 4 aromatic rings. The van der Waals surface area contributed by atoms with Gasteiger partial charge in [0.15, 0.2) is 0 Å². The van der Waals surface area contributed by atoms with Crippen molar-refractivity contribution in [3.8, 4) is 0 Å². The van der Waals surface area contributed by atoms with Crippen LogP contribution in [0.5, 0.6) is 0 Å². The maximum Gasteiger partial charge on any atom is 0.304 e. The van der Waals surface area contributed by atoms with Crippen molar-refractivity contribution in [1.82, 2.24) is 9.80 Å². The Morgan fingerprint density at radius 3 is 1.27 bits per heavy atom. The number of hydrogen-bond donors (Lipinski definition) is 2. The summed E-state index contributed by atoms with van der Waals surface area (Å²) < 4.78 is 11.5. The van der Waals surface area contributed by atoms with Crippen molar-refractivity contribution in [2.75, 3.05) is 26.4 Å². The smallest absolute Gasteiger partial charge is 0.304 e. The molecule has 0 aromatic heterocycles. The van der Waals surface area contributed by atoms with E-state index in [1.54, 1.807) is 13.8 Å². The van der Waals surface area contributed by atoms with Gasteiger partial charge in [-0.2, -0.15) is 0 Å². The average Bonchev–Trinajstić information content (AvgIpc) is 3.26. The van der Waals surface area contributed by atoms with E-state index in [-0.39, 0.29) is 60.7 Å². The van der Waals surface area contributed by atoms with Gasteiger partial charge in [0.25, 0.3) is 0 Å². The molecule has 2 N–H and O–H groups in total. The van der Waals surface area contributed by atoms with E-state index in [9.17, 15) is 29.4 Å². The summed E-state index contributed by atoms with van der Waals surface area (Å²) in [5.74, 6) is -2.47. The molecule has 0 spiro atoms. The second-order valence-corrected chi connectivity index (χ2v) is 19.9. The van der Waals surface area contributed by atoms with Gasteiger partial charge in [-0.25, -0.2) is 0 Å². The van der Waals surface area contributed by atoms with E-state index in [0.717, 1.165) is 47.9 Å². The van der Waals surface area contributed by atoms with E-state index < -0.39 is 22.8 Å². The molecular formula is C50H54Cl4N2O8. The van der Waals surface area contributed by atoms with Gasteiger partial charge in [0.2, 0.25) is 11.8 Å². The topological polar surface area (TPSA) is 134 Å². The van der Waals surface area contributed by atoms with Gasteiger partial charge in [-0.3, -0.25) is 19.2 Å². The maximum atomic E-state index is 13.9. The number of carbonyl (C=O) groups is 4. The van der Waals surface area contributed by atoms with Gasteiger partial charge in [-0.1, -0.05) is 109 Å². The molecular weight excluding hydrogens is 898 g/mol. The van der Waals surface area contributed by atoms with Gasteiger partial charge in [0, 0.05) is 45.1 Å². The Balaban J connectivity index is 0.000000191. The molecule has 8 atom stereocenters. The summed E-state index contributed by atoms with van der Waals surface area (Å²) in [6.45, 7) is 5.79. The van der Waals surface area contributed by atoms with Gasteiger partial charge in [0.1, 0.15) is 0 Å². The van der Waals surface area contributed by atoms with E-state index >= 15 is 0 Å². The van der Waals surface area contributed by atoms with Crippen molar-refractivity contribution in [3.63, 3.8) is 0 Å². The largest absolute Gasteiger partial charge is 0.481 e. The zero-order valence-electron chi connectivity index (χ0n) is 35.9. The van der Waals surface area contributed by atoms with Crippen LogP contribution in [0.15, 0.2) is 97.1 Å². The fourth-order valence-electron chi connectivity index (χ4n) is 10.4. The van der Waals surface area contributed by atoms with Crippen molar-refractivity contribution in [3.05, 3.63) is 139 Å². The van der Waals surface area contributed by atoms with Crippen LogP contribution in [0, 0.1) is 10.8 Å². The van der Waals surface area contributed by atoms with Crippen molar-refractivity contribution in [1.29, 1.82) is 0 Å². The molecule has 14 heteroatoms. The van der Waals surface area contributed by atoms with Crippen LogP contribution in [-0.2, 0) is 28.7 Å². The number of likely N-dealkylation sites (tertiary alicyclic amines) is 2. The third-order valence-electron chi connectivity index (χ3n) is 13.3. The molecule has 0 aliphatic carbocycles. The number of carbonyl (C=O) groups excluding carboxylic acids is 2. The second kappa shape index (κ2) is 20.6. The minimum atomic E-state index is -1.03. The molecule has 1 unspecified atom stereocenters. The molecule has 340 valence electrons. The van der Waals surface area contributed by atoms with Crippen LogP contribution in [0.2, 0.25) is 20.1 Å². The summed E-state index contributed by atoms with van der Waals surface area (Å²) in [5, 5.41) is 21.7. The summed E-state index contributed by atoms with van der Waals surface area (Å²) in [4.78, 5) is 55.2. The molecule has 10 nitrogen and oxygen atoms in total. The Morgan fingerprint density at radius 2 is 0.953 bits per heavy atom. The average molecular weight is 953 g/mol. The predicted octanol–water partition coefficient (Wildman–Crippen LogP) is 11.4. The Labute approximate surface area is 394 Å². The van der Waals surface area contributed by atoms with Crippen LogP contribution < -0.4 is 0 Å². The number of rotatable bonds is 10. The minimum absolute atomic E-state index is 0.118. The fraction of sp³-hybridized carbons (Fsp3) is 0.440. The highest BCUT2D eigenvalue weighted by atomic mass is 35.5. The molecule has 64 heavy (non-hydrogen) atoms. The highest BCUT2D eigenvalue weighted by Crippen LogP contribution is 2.54. The lowest BCUT2D eigenvalue weighted by Gasteiger charge is -2.52. The minimum Gasteiger partial charge on any atom is -0.481 e. The predicted molar refractivity (Wildman–Crippen MR) is 248 cm³/mol. The van der Waals surface area contributed by atoms with Gasteiger partial charge in [0.05, 0.1) is 61.1 Å². The molecule has 2 amide bonds. The number of nitrogens with zero attached hydrogens (tertiary/aromatic N) is 2. The van der Waals surface area contributed by atoms with E-state index in [1.807, 2.05) is 107 Å². The van der Waals surface area contributed by atoms with Crippen LogP contribution >= 0.6 is 46.4 Å². The fourth-order valence-corrected chi connectivity index (χ4v) is 11.1. The molecule has 4 aromatic carbocycles. The number of aliphatic carboxylic acids is 2. The van der Waals surface area contributed by atoms with Crippen LogP contribution in [0.3, 0.4) is 0 Å². The van der Waals surface area contributed by atoms with E-state index in [4.69, 9.17) is 55.9 Å². The number of carboxylic acid groups (broad SMARTS) is 2. The molecule has 0 saturated carbocycles. The number of hydrogen-bond acceptors (Lipinski definition) is 6. The Hall–Kier alpha value is -4.16. The van der Waals surface area contributed by atoms with E-state index in [0.29, 0.717) is 59.4 Å². The Bertz CT molecular complexity index is 2140. The lowest BCUT2D eigenvalue weighted by Crippen LogP contribution is -2.57. The number of piperidine rings is 2. The van der Waals surface area contributed by atoms with Crippen LogP contribution in [0.25, 0.3) is 0 Å². The molecule has 4 heterocycles. The van der Waals surface area contributed by atoms with Crippen LogP contribution in [0.1, 0.15) is 111 Å². The van der Waals surface area contributed by atoms with Gasteiger partial charge < -0.3 is 29.5 Å². The number of ether oxygens (including phenoxy) is 2. The molecule has 4 aliphatic heterocycles. The van der Waals surface area contributed by atoms with Gasteiger partial charge in [-0.05, 0) is 109 Å². The first kappa shape index (κ1) is 47.8. The monoisotopic (exact) mass is 950 g/mol. The first-order valence-corrected chi connectivity index (χ1v) is 23.3. The zero-order valence-corrected chi connectivity index (χ0v) is 39.0. The first-order valence-electron chi connectivity index (χ1n) is 21.8. The number of benzene rings is 4. The van der Waals surface area contributed by atoms with Crippen LogP contribution in [-0.4, -0.2) is 82.3 Å². The van der Waals surface area contributed by atoms with Crippen LogP contribution in [0.4, 0.5) is 0 Å². The van der Waals surface area contributed by atoms with Crippen molar-refractivity contribution >= 4 is 70.2 Å². The van der Waals surface area contributed by atoms with Crippen molar-refractivity contribution in [2.45, 2.75) is 101 Å². The highest BCUT2D eigenvalue weighted by Gasteiger charge is 2.54. The quantitative estimate of drug-likeness (QED) is 0.161. The summed E-state index contributed by atoms with van der Waals surface area (Å²) in [5.41, 5.74) is 1.86. The number of carboxylic acids is 2. The third kappa shape index (κ3) is 10.8. The van der Waals surface area contributed by atoms with Gasteiger partial charge >= 0.3 is 11.9 Å². The lowest BCUT2D eigenvalue weighted by atomic mass is 9.67. The lowest BCUT2D eigenvalue weighted by molar-refractivity contribution is -0.163. The summed E-state index contributed by atoms with van der Waals surface area (Å²) in [6, 6.07) is 29.6. The highest BCUT2D eigenvalue weighted by molar-refractivity contribution is 6.31. The summed E-state index contributed by atoms with van der Waals surface area (Å²) >= 11 is 25.0. The maximum absolute atomic E-state index is 13.9. The van der Waals surface area contributed by atoms with Crippen molar-refractivity contribution < 1.29 is 38.9 Å². The molecule has 8 rings (SSSR count). The zero-order chi connectivity index (χ0) is 45.8. The molecule has 4 aliphatic rings. The normalized spacial score (nSPS) is 28.5. The number of halogens is 4. The summed E-state index contributed by atoms with van der Waals surface area (Å²) in [7, 11) is 0. The van der Waals surface area contributed by atoms with E-state index in [1.165, 1.54) is 0 Å². The second-order valence-electron chi connectivity index (χ2n) is 18.2. The first-order chi connectivity index (χ1) is 30.6. The summed E-state index contributed by atoms with van der Waals surface area (Å²) in [6.07, 6.45) is 3.74. The third-order valence-corrected chi connectivity index (χ3v) is 14.3. The molecule has 0 radical (unpaired) electrons. The molecule has 4 fully saturated rings. The molecule has 0 bridgehead atoms.